The van der Waals surface area contributed by atoms with Gasteiger partial charge in [-0.05, 0) is 37.5 Å². The normalized spacial score (nSPS) is 10.9. The van der Waals surface area contributed by atoms with Gasteiger partial charge in [-0.2, -0.15) is 0 Å². The largest absolute Gasteiger partial charge is 0.465 e. The Labute approximate surface area is 185 Å². The Balaban J connectivity index is 1.56. The highest BCUT2D eigenvalue weighted by atomic mass is 19.1. The molecule has 0 amide bonds. The minimum atomic E-state index is -0.919. The van der Waals surface area contributed by atoms with Gasteiger partial charge in [0.25, 0.3) is 0 Å². The summed E-state index contributed by atoms with van der Waals surface area (Å²) in [4.78, 5) is 20.1. The molecule has 0 saturated heterocycles. The van der Waals surface area contributed by atoms with Crippen molar-refractivity contribution in [3.05, 3.63) is 77.4 Å². The molecule has 32 heavy (non-hydrogen) atoms. The van der Waals surface area contributed by atoms with Crippen molar-refractivity contribution in [2.24, 2.45) is 0 Å². The fraction of sp³-hybridized carbons (Fsp3) is 0.292. The maximum absolute atomic E-state index is 14.2. The fourth-order valence-electron chi connectivity index (χ4n) is 2.97. The van der Waals surface area contributed by atoms with E-state index in [0.29, 0.717) is 25.4 Å². The van der Waals surface area contributed by atoms with Crippen molar-refractivity contribution in [3.63, 3.8) is 0 Å². The molecule has 0 bridgehead atoms. The summed E-state index contributed by atoms with van der Waals surface area (Å²) in [5, 5.41) is 2.86. The van der Waals surface area contributed by atoms with E-state index >= 15 is 0 Å². The molecule has 1 aromatic heterocycles. The summed E-state index contributed by atoms with van der Waals surface area (Å²) < 4.78 is 38.1. The Hall–Kier alpha value is -3.39. The van der Waals surface area contributed by atoms with Crippen LogP contribution in [0.15, 0.2) is 48.8 Å². The second-order valence-electron chi connectivity index (χ2n) is 7.42. The average Bonchev–Trinajstić information content (AvgIpc) is 2.80. The highest BCUT2D eigenvalue weighted by molar-refractivity contribution is 5.90. The molecule has 0 aliphatic rings. The van der Waals surface area contributed by atoms with Crippen LogP contribution in [0.25, 0.3) is 11.1 Å². The third-order valence-electron chi connectivity index (χ3n) is 4.73. The monoisotopic (exact) mass is 441 g/mol. The first-order valence-electron chi connectivity index (χ1n) is 10.2. The number of nitrogens with one attached hydrogen (secondary N) is 1. The molecule has 3 aromatic rings. The first-order valence-corrected chi connectivity index (χ1v) is 10.2. The van der Waals surface area contributed by atoms with Gasteiger partial charge in [0.1, 0.15) is 18.2 Å². The van der Waals surface area contributed by atoms with Crippen molar-refractivity contribution in [2.45, 2.75) is 33.0 Å². The van der Waals surface area contributed by atoms with E-state index < -0.39 is 23.2 Å². The number of anilines is 1. The SMILES string of the molecule is COC(=O)c1cc(F)c(NCCc2ccc(-c3cnc(COC(C)C)nc3)cc2)cc1F. The second-order valence-corrected chi connectivity index (χ2v) is 7.42. The van der Waals surface area contributed by atoms with Gasteiger partial charge in [-0.3, -0.25) is 0 Å². The topological polar surface area (TPSA) is 73.3 Å². The summed E-state index contributed by atoms with van der Waals surface area (Å²) in [5.41, 5.74) is 2.45. The lowest BCUT2D eigenvalue weighted by molar-refractivity contribution is 0.0594. The smallest absolute Gasteiger partial charge is 0.340 e. The number of methoxy groups -OCH3 is 1. The van der Waals surface area contributed by atoms with Gasteiger partial charge in [0, 0.05) is 30.6 Å². The summed E-state index contributed by atoms with van der Waals surface area (Å²) in [6.45, 7) is 4.68. The minimum absolute atomic E-state index is 0.00884. The molecule has 0 aliphatic carbocycles. The zero-order valence-electron chi connectivity index (χ0n) is 18.2. The van der Waals surface area contributed by atoms with Gasteiger partial charge in [0.2, 0.25) is 0 Å². The van der Waals surface area contributed by atoms with Crippen LogP contribution < -0.4 is 5.32 Å². The number of aromatic nitrogens is 2. The molecule has 6 nitrogen and oxygen atoms in total. The van der Waals surface area contributed by atoms with E-state index in [9.17, 15) is 13.6 Å². The number of hydrogen-bond donors (Lipinski definition) is 1. The van der Waals surface area contributed by atoms with Gasteiger partial charge >= 0.3 is 5.97 Å². The first kappa shape index (κ1) is 23.3. The van der Waals surface area contributed by atoms with E-state index in [1.165, 1.54) is 0 Å². The van der Waals surface area contributed by atoms with E-state index in [-0.39, 0.29) is 11.8 Å². The molecule has 1 N–H and O–H groups in total. The van der Waals surface area contributed by atoms with Crippen LogP contribution in [0.3, 0.4) is 0 Å². The number of carbonyl (C=O) groups excluding carboxylic acids is 1. The molecule has 168 valence electrons. The van der Waals surface area contributed by atoms with Crippen LogP contribution in [0.2, 0.25) is 0 Å². The predicted molar refractivity (Wildman–Crippen MR) is 117 cm³/mol. The van der Waals surface area contributed by atoms with Crippen LogP contribution in [-0.2, 0) is 22.5 Å². The van der Waals surface area contributed by atoms with Gasteiger partial charge in [0.05, 0.1) is 24.5 Å². The quantitative estimate of drug-likeness (QED) is 0.482. The van der Waals surface area contributed by atoms with E-state index in [2.05, 4.69) is 20.0 Å². The fourth-order valence-corrected chi connectivity index (χ4v) is 2.97. The Bertz CT molecular complexity index is 1060. The molecule has 1 heterocycles. The van der Waals surface area contributed by atoms with Crippen molar-refractivity contribution in [2.75, 3.05) is 19.0 Å². The maximum atomic E-state index is 14.2. The van der Waals surface area contributed by atoms with E-state index in [1.807, 2.05) is 38.1 Å². The van der Waals surface area contributed by atoms with Crippen LogP contribution in [0.5, 0.6) is 0 Å². The van der Waals surface area contributed by atoms with E-state index in [1.54, 1.807) is 12.4 Å². The highest BCUT2D eigenvalue weighted by Gasteiger charge is 2.16. The number of esters is 1. The number of ether oxygens (including phenoxy) is 2. The second kappa shape index (κ2) is 10.8. The summed E-state index contributed by atoms with van der Waals surface area (Å²) in [6.07, 6.45) is 4.24. The van der Waals surface area contributed by atoms with Crippen LogP contribution >= 0.6 is 0 Å². The van der Waals surface area contributed by atoms with Crippen molar-refractivity contribution in [1.82, 2.24) is 9.97 Å². The first-order chi connectivity index (χ1) is 15.4. The van der Waals surface area contributed by atoms with Crippen molar-refractivity contribution in [3.8, 4) is 11.1 Å². The standard InChI is InChI=1S/C24H25F2N3O3/c1-15(2)32-14-23-28-12-18(13-29-23)17-6-4-16(5-7-17)8-9-27-22-11-20(25)19(10-21(22)26)24(30)31-3/h4-7,10-13,15,27H,8-9,14H2,1-3H3. The van der Waals surface area contributed by atoms with Crippen LogP contribution in [0, 0.1) is 11.6 Å². The van der Waals surface area contributed by atoms with Gasteiger partial charge < -0.3 is 14.8 Å². The lowest BCUT2D eigenvalue weighted by atomic mass is 10.1. The number of rotatable bonds is 9. The lowest BCUT2D eigenvalue weighted by Gasteiger charge is -2.10. The Morgan fingerprint density at radius 1 is 1.03 bits per heavy atom. The number of benzene rings is 2. The highest BCUT2D eigenvalue weighted by Crippen LogP contribution is 2.21. The van der Waals surface area contributed by atoms with Gasteiger partial charge in [-0.1, -0.05) is 24.3 Å². The van der Waals surface area contributed by atoms with E-state index in [0.717, 1.165) is 35.9 Å². The molecular formula is C24H25F2N3O3. The number of carbonyl (C=O) groups is 1. The third-order valence-corrected chi connectivity index (χ3v) is 4.73. The van der Waals surface area contributed by atoms with Crippen molar-refractivity contribution < 1.29 is 23.0 Å². The maximum Gasteiger partial charge on any atom is 0.340 e. The average molecular weight is 441 g/mol. The molecule has 0 unspecified atom stereocenters. The van der Waals surface area contributed by atoms with Crippen LogP contribution in [-0.4, -0.2) is 35.7 Å². The van der Waals surface area contributed by atoms with Gasteiger partial charge in [-0.15, -0.1) is 0 Å². The molecule has 0 fully saturated rings. The summed E-state index contributed by atoms with van der Waals surface area (Å²) in [7, 11) is 1.11. The molecule has 3 rings (SSSR count). The Morgan fingerprint density at radius 3 is 2.34 bits per heavy atom. The predicted octanol–water partition coefficient (Wildman–Crippen LogP) is 4.79. The molecule has 0 spiro atoms. The van der Waals surface area contributed by atoms with Gasteiger partial charge in [0.15, 0.2) is 5.82 Å². The van der Waals surface area contributed by atoms with Crippen LogP contribution in [0.1, 0.15) is 35.6 Å². The van der Waals surface area contributed by atoms with E-state index in [4.69, 9.17) is 4.74 Å². The molecule has 0 radical (unpaired) electrons. The summed E-state index contributed by atoms with van der Waals surface area (Å²) >= 11 is 0. The molecule has 8 heteroatoms. The van der Waals surface area contributed by atoms with Gasteiger partial charge in [-0.25, -0.2) is 23.5 Å². The molecule has 0 aliphatic heterocycles. The Morgan fingerprint density at radius 2 is 1.72 bits per heavy atom. The molecule has 0 saturated carbocycles. The summed E-state index contributed by atoms with van der Waals surface area (Å²) in [5.74, 6) is -1.84. The molecule has 2 aromatic carbocycles. The van der Waals surface area contributed by atoms with Crippen molar-refractivity contribution >= 4 is 11.7 Å². The number of nitrogens with zero attached hydrogens (tertiary/aromatic N) is 2. The van der Waals surface area contributed by atoms with Crippen molar-refractivity contribution in [1.29, 1.82) is 0 Å². The number of hydrogen-bond acceptors (Lipinski definition) is 6. The Kier molecular flexibility index (Phi) is 7.83. The zero-order valence-corrected chi connectivity index (χ0v) is 18.2. The molecular weight excluding hydrogens is 416 g/mol. The lowest BCUT2D eigenvalue weighted by Crippen LogP contribution is -2.10. The summed E-state index contributed by atoms with van der Waals surface area (Å²) in [6, 6.07) is 9.64. The molecule has 0 atom stereocenters. The zero-order chi connectivity index (χ0) is 23.1. The number of halogens is 2. The van der Waals surface area contributed by atoms with Crippen LogP contribution in [0.4, 0.5) is 14.5 Å². The third kappa shape index (κ3) is 6.07. The minimum Gasteiger partial charge on any atom is -0.465 e.